The summed E-state index contributed by atoms with van der Waals surface area (Å²) in [4.78, 5) is 16.5. The van der Waals surface area contributed by atoms with Crippen LogP contribution >= 0.6 is 11.6 Å². The Morgan fingerprint density at radius 3 is 2.64 bits per heavy atom. The van der Waals surface area contributed by atoms with Crippen molar-refractivity contribution in [1.82, 2.24) is 0 Å². The largest absolute Gasteiger partial charge is 0.490 e. The van der Waals surface area contributed by atoms with Crippen LogP contribution in [-0.2, 0) is 9.53 Å². The van der Waals surface area contributed by atoms with Crippen LogP contribution in [0.25, 0.3) is 6.08 Å². The summed E-state index contributed by atoms with van der Waals surface area (Å²) in [6.07, 6.45) is 3.58. The molecule has 3 rings (SSSR count). The van der Waals surface area contributed by atoms with E-state index in [2.05, 4.69) is 11.9 Å². The number of hydrogen-bond acceptors (Lipinski definition) is 5. The molecule has 146 valence electrons. The van der Waals surface area contributed by atoms with Crippen molar-refractivity contribution in [1.29, 1.82) is 0 Å². The first-order chi connectivity index (χ1) is 13.6. The van der Waals surface area contributed by atoms with Gasteiger partial charge in [0.15, 0.2) is 17.2 Å². The van der Waals surface area contributed by atoms with E-state index in [-0.39, 0.29) is 11.6 Å². The Morgan fingerprint density at radius 1 is 1.14 bits per heavy atom. The third kappa shape index (κ3) is 4.73. The summed E-state index contributed by atoms with van der Waals surface area (Å²) < 4.78 is 16.7. The SMILES string of the molecule is CCCCOc1c(Cl)cc(C=C2N=C(c3ccccc3)OC2=O)cc1OCC. The molecule has 5 nitrogen and oxygen atoms in total. The molecule has 0 aliphatic carbocycles. The number of carbonyl (C=O) groups excluding carboxylic acids is 1. The Labute approximate surface area is 169 Å². The highest BCUT2D eigenvalue weighted by atomic mass is 35.5. The van der Waals surface area contributed by atoms with Crippen LogP contribution in [0, 0.1) is 0 Å². The minimum atomic E-state index is -0.504. The number of benzene rings is 2. The molecule has 0 aromatic heterocycles. The molecule has 2 aromatic rings. The molecule has 1 heterocycles. The van der Waals surface area contributed by atoms with Crippen molar-refractivity contribution in [2.45, 2.75) is 26.7 Å². The van der Waals surface area contributed by atoms with Gasteiger partial charge >= 0.3 is 5.97 Å². The first-order valence-electron chi connectivity index (χ1n) is 9.29. The lowest BCUT2D eigenvalue weighted by atomic mass is 10.1. The summed E-state index contributed by atoms with van der Waals surface area (Å²) in [5.41, 5.74) is 1.63. The molecule has 0 fully saturated rings. The molecule has 6 heteroatoms. The van der Waals surface area contributed by atoms with Crippen LogP contribution in [-0.4, -0.2) is 25.1 Å². The highest BCUT2D eigenvalue weighted by molar-refractivity contribution is 6.32. The van der Waals surface area contributed by atoms with Gasteiger partial charge in [0.1, 0.15) is 0 Å². The molecule has 28 heavy (non-hydrogen) atoms. The second-order valence-electron chi connectivity index (χ2n) is 6.17. The Kier molecular flexibility index (Phi) is 6.71. The minimum absolute atomic E-state index is 0.206. The zero-order chi connectivity index (χ0) is 19.9. The van der Waals surface area contributed by atoms with Crippen LogP contribution in [0.2, 0.25) is 5.02 Å². The van der Waals surface area contributed by atoms with Crippen molar-refractivity contribution in [3.63, 3.8) is 0 Å². The Morgan fingerprint density at radius 2 is 1.93 bits per heavy atom. The average molecular weight is 400 g/mol. The number of cyclic esters (lactones) is 1. The van der Waals surface area contributed by atoms with Gasteiger partial charge in [-0.2, -0.15) is 0 Å². The highest BCUT2D eigenvalue weighted by Crippen LogP contribution is 2.37. The van der Waals surface area contributed by atoms with E-state index in [4.69, 9.17) is 25.8 Å². The molecule has 0 amide bonds. The highest BCUT2D eigenvalue weighted by Gasteiger charge is 2.24. The Bertz CT molecular complexity index is 906. The van der Waals surface area contributed by atoms with Crippen molar-refractivity contribution in [3.8, 4) is 11.5 Å². The maximum absolute atomic E-state index is 12.2. The predicted molar refractivity (Wildman–Crippen MR) is 110 cm³/mol. The standard InChI is InChI=1S/C22H22ClNO4/c1-3-5-11-27-20-17(23)12-15(14-19(20)26-4-2)13-18-22(25)28-21(24-18)16-9-7-6-8-10-16/h6-10,12-14H,3-5,11H2,1-2H3. The molecule has 0 spiro atoms. The number of nitrogens with zero attached hydrogens (tertiary/aromatic N) is 1. The number of esters is 1. The fourth-order valence-corrected chi connectivity index (χ4v) is 2.94. The number of hydrogen-bond donors (Lipinski definition) is 0. The van der Waals surface area contributed by atoms with Crippen LogP contribution in [0.3, 0.4) is 0 Å². The van der Waals surface area contributed by atoms with Crippen molar-refractivity contribution in [2.24, 2.45) is 4.99 Å². The van der Waals surface area contributed by atoms with Crippen molar-refractivity contribution >= 4 is 29.5 Å². The lowest BCUT2D eigenvalue weighted by molar-refractivity contribution is -0.129. The molecular formula is C22H22ClNO4. The molecule has 0 atom stereocenters. The zero-order valence-electron chi connectivity index (χ0n) is 15.9. The molecule has 2 aromatic carbocycles. The van der Waals surface area contributed by atoms with Gasteiger partial charge in [0, 0.05) is 5.56 Å². The molecule has 0 saturated carbocycles. The van der Waals surface area contributed by atoms with Crippen LogP contribution in [0.5, 0.6) is 11.5 Å². The lowest BCUT2D eigenvalue weighted by Crippen LogP contribution is -2.05. The van der Waals surface area contributed by atoms with E-state index < -0.39 is 5.97 Å². The Hall–Kier alpha value is -2.79. The van der Waals surface area contributed by atoms with E-state index in [1.165, 1.54) is 0 Å². The quantitative estimate of drug-likeness (QED) is 0.345. The van der Waals surface area contributed by atoms with Crippen LogP contribution in [0.15, 0.2) is 53.2 Å². The van der Waals surface area contributed by atoms with Crippen LogP contribution in [0.1, 0.15) is 37.8 Å². The second-order valence-corrected chi connectivity index (χ2v) is 6.57. The molecule has 0 N–H and O–H groups in total. The lowest BCUT2D eigenvalue weighted by Gasteiger charge is -2.14. The first-order valence-corrected chi connectivity index (χ1v) is 9.67. The third-order valence-corrected chi connectivity index (χ3v) is 4.30. The third-order valence-electron chi connectivity index (χ3n) is 4.02. The van der Waals surface area contributed by atoms with E-state index in [1.54, 1.807) is 18.2 Å². The van der Waals surface area contributed by atoms with Crippen molar-refractivity contribution in [3.05, 3.63) is 64.3 Å². The van der Waals surface area contributed by atoms with E-state index in [9.17, 15) is 4.79 Å². The molecule has 0 bridgehead atoms. The first kappa shape index (κ1) is 20.0. The zero-order valence-corrected chi connectivity index (χ0v) is 16.7. The van der Waals surface area contributed by atoms with E-state index in [1.807, 2.05) is 37.3 Å². The summed E-state index contributed by atoms with van der Waals surface area (Å²) in [7, 11) is 0. The number of rotatable bonds is 8. The predicted octanol–water partition coefficient (Wildman–Crippen LogP) is 5.26. The normalized spacial score (nSPS) is 14.8. The van der Waals surface area contributed by atoms with Gasteiger partial charge in [-0.1, -0.05) is 43.1 Å². The molecular weight excluding hydrogens is 378 g/mol. The molecule has 1 aliphatic rings. The maximum Gasteiger partial charge on any atom is 0.363 e. The number of carbonyl (C=O) groups is 1. The number of ether oxygens (including phenoxy) is 3. The molecule has 0 radical (unpaired) electrons. The van der Waals surface area contributed by atoms with Gasteiger partial charge in [-0.3, -0.25) is 0 Å². The van der Waals surface area contributed by atoms with Crippen molar-refractivity contribution in [2.75, 3.05) is 13.2 Å². The summed E-state index contributed by atoms with van der Waals surface area (Å²) in [6.45, 7) is 5.01. The van der Waals surface area contributed by atoms with Gasteiger partial charge in [0.2, 0.25) is 5.90 Å². The summed E-state index contributed by atoms with van der Waals surface area (Å²) in [5.74, 6) is 0.835. The van der Waals surface area contributed by atoms with Gasteiger partial charge in [-0.15, -0.1) is 0 Å². The van der Waals surface area contributed by atoms with E-state index in [0.717, 1.165) is 18.4 Å². The van der Waals surface area contributed by atoms with Gasteiger partial charge in [-0.25, -0.2) is 9.79 Å². The van der Waals surface area contributed by atoms with Gasteiger partial charge in [0.25, 0.3) is 0 Å². The summed E-state index contributed by atoms with van der Waals surface area (Å²) in [5, 5.41) is 0.424. The fourth-order valence-electron chi connectivity index (χ4n) is 2.66. The second kappa shape index (κ2) is 9.42. The smallest absolute Gasteiger partial charge is 0.363 e. The van der Waals surface area contributed by atoms with E-state index in [0.29, 0.717) is 35.3 Å². The molecule has 0 unspecified atom stereocenters. The molecule has 1 aliphatic heterocycles. The molecule has 0 saturated heterocycles. The Balaban J connectivity index is 1.90. The maximum atomic E-state index is 12.2. The van der Waals surface area contributed by atoms with Gasteiger partial charge < -0.3 is 14.2 Å². The van der Waals surface area contributed by atoms with Crippen LogP contribution in [0.4, 0.5) is 0 Å². The average Bonchev–Trinajstić information content (AvgIpc) is 3.05. The minimum Gasteiger partial charge on any atom is -0.490 e. The fraction of sp³-hybridized carbons (Fsp3) is 0.273. The number of unbranched alkanes of at least 4 members (excludes halogenated alkanes) is 1. The van der Waals surface area contributed by atoms with E-state index >= 15 is 0 Å². The number of aliphatic imine (C=N–C) groups is 1. The monoisotopic (exact) mass is 399 g/mol. The van der Waals surface area contributed by atoms with Crippen LogP contribution < -0.4 is 9.47 Å². The summed E-state index contributed by atoms with van der Waals surface area (Å²) >= 11 is 6.41. The van der Waals surface area contributed by atoms with Gasteiger partial charge in [-0.05, 0) is 49.2 Å². The summed E-state index contributed by atoms with van der Waals surface area (Å²) in [6, 6.07) is 12.8. The van der Waals surface area contributed by atoms with Crippen molar-refractivity contribution < 1.29 is 19.0 Å². The van der Waals surface area contributed by atoms with Gasteiger partial charge in [0.05, 0.1) is 18.2 Å². The topological polar surface area (TPSA) is 57.1 Å². The number of halogens is 1.